The molecular weight excluding hydrogens is 222 g/mol. The lowest BCUT2D eigenvalue weighted by Crippen LogP contribution is -2.24. The molecule has 2 nitrogen and oxygen atoms in total. The Hall–Kier alpha value is -1.83. The smallest absolute Gasteiger partial charge is 0.251 e. The van der Waals surface area contributed by atoms with E-state index in [2.05, 4.69) is 37.4 Å². The van der Waals surface area contributed by atoms with E-state index in [4.69, 9.17) is 0 Å². The van der Waals surface area contributed by atoms with Gasteiger partial charge in [0.05, 0.1) is 0 Å². The van der Waals surface area contributed by atoms with Gasteiger partial charge in [0.2, 0.25) is 0 Å². The van der Waals surface area contributed by atoms with Crippen LogP contribution in [0.1, 0.15) is 35.7 Å². The molecule has 2 heteroatoms. The lowest BCUT2D eigenvalue weighted by atomic mass is 10.0. The highest BCUT2D eigenvalue weighted by Gasteiger charge is 2.05. The van der Waals surface area contributed by atoms with Crippen molar-refractivity contribution >= 4 is 16.7 Å². The van der Waals surface area contributed by atoms with Crippen molar-refractivity contribution in [2.45, 2.75) is 26.7 Å². The zero-order valence-electron chi connectivity index (χ0n) is 11.0. The average molecular weight is 241 g/mol. The summed E-state index contributed by atoms with van der Waals surface area (Å²) >= 11 is 0. The Labute approximate surface area is 108 Å². The standard InChI is InChI=1S/C16H19NO/c1-3-4-9-17-16(18)15-8-7-13-10-12(2)5-6-14(13)11-15/h5-8,10-11H,3-4,9H2,1-2H3,(H,17,18). The van der Waals surface area contributed by atoms with Gasteiger partial charge in [0.15, 0.2) is 0 Å². The predicted molar refractivity (Wildman–Crippen MR) is 75.9 cm³/mol. The predicted octanol–water partition coefficient (Wildman–Crippen LogP) is 3.68. The number of hydrogen-bond donors (Lipinski definition) is 1. The van der Waals surface area contributed by atoms with Crippen LogP contribution < -0.4 is 5.32 Å². The largest absolute Gasteiger partial charge is 0.352 e. The van der Waals surface area contributed by atoms with Crippen molar-refractivity contribution in [3.05, 3.63) is 47.5 Å². The van der Waals surface area contributed by atoms with Crippen LogP contribution in [-0.2, 0) is 0 Å². The molecule has 1 amide bonds. The number of hydrogen-bond acceptors (Lipinski definition) is 1. The van der Waals surface area contributed by atoms with Gasteiger partial charge >= 0.3 is 0 Å². The van der Waals surface area contributed by atoms with Crippen LogP contribution in [0.15, 0.2) is 36.4 Å². The third-order valence-corrected chi connectivity index (χ3v) is 3.07. The number of unbranched alkanes of at least 4 members (excludes halogenated alkanes) is 1. The minimum absolute atomic E-state index is 0.0194. The summed E-state index contributed by atoms with van der Waals surface area (Å²) in [5, 5.41) is 5.23. The summed E-state index contributed by atoms with van der Waals surface area (Å²) < 4.78 is 0. The minimum atomic E-state index is 0.0194. The zero-order chi connectivity index (χ0) is 13.0. The molecule has 0 aliphatic rings. The van der Waals surface area contributed by atoms with Crippen molar-refractivity contribution in [1.29, 1.82) is 0 Å². The van der Waals surface area contributed by atoms with Crippen molar-refractivity contribution in [1.82, 2.24) is 5.32 Å². The highest BCUT2D eigenvalue weighted by Crippen LogP contribution is 2.17. The molecule has 2 aromatic carbocycles. The van der Waals surface area contributed by atoms with Crippen molar-refractivity contribution in [2.24, 2.45) is 0 Å². The van der Waals surface area contributed by atoms with E-state index in [0.29, 0.717) is 0 Å². The summed E-state index contributed by atoms with van der Waals surface area (Å²) in [4.78, 5) is 11.9. The molecule has 0 aliphatic carbocycles. The quantitative estimate of drug-likeness (QED) is 0.813. The second-order valence-corrected chi connectivity index (χ2v) is 4.67. The molecule has 0 atom stereocenters. The molecule has 0 spiro atoms. The van der Waals surface area contributed by atoms with Gasteiger partial charge in [0.1, 0.15) is 0 Å². The number of nitrogens with one attached hydrogen (secondary N) is 1. The van der Waals surface area contributed by atoms with Gasteiger partial charge in [-0.3, -0.25) is 4.79 Å². The van der Waals surface area contributed by atoms with Crippen molar-refractivity contribution < 1.29 is 4.79 Å². The van der Waals surface area contributed by atoms with E-state index in [1.54, 1.807) is 0 Å². The molecule has 0 saturated carbocycles. The molecular formula is C16H19NO. The number of amides is 1. The van der Waals surface area contributed by atoms with Gasteiger partial charge < -0.3 is 5.32 Å². The molecule has 0 bridgehead atoms. The first-order valence-electron chi connectivity index (χ1n) is 6.49. The maximum atomic E-state index is 11.9. The molecule has 0 aliphatic heterocycles. The summed E-state index contributed by atoms with van der Waals surface area (Å²) in [5.41, 5.74) is 1.98. The maximum Gasteiger partial charge on any atom is 0.251 e. The maximum absolute atomic E-state index is 11.9. The zero-order valence-corrected chi connectivity index (χ0v) is 11.0. The van der Waals surface area contributed by atoms with Gasteiger partial charge in [-0.2, -0.15) is 0 Å². The molecule has 1 N–H and O–H groups in total. The Morgan fingerprint density at radius 2 is 1.83 bits per heavy atom. The van der Waals surface area contributed by atoms with Crippen molar-refractivity contribution in [3.8, 4) is 0 Å². The van der Waals surface area contributed by atoms with Gasteiger partial charge in [0, 0.05) is 12.1 Å². The summed E-state index contributed by atoms with van der Waals surface area (Å²) in [6.45, 7) is 4.94. The third kappa shape index (κ3) is 2.89. The molecule has 0 saturated heterocycles. The molecule has 0 radical (unpaired) electrons. The number of fused-ring (bicyclic) bond motifs is 1. The third-order valence-electron chi connectivity index (χ3n) is 3.07. The molecule has 18 heavy (non-hydrogen) atoms. The highest BCUT2D eigenvalue weighted by atomic mass is 16.1. The lowest BCUT2D eigenvalue weighted by molar-refractivity contribution is 0.0953. The Balaban J connectivity index is 2.19. The number of aryl methyl sites for hydroxylation is 1. The van der Waals surface area contributed by atoms with Crippen LogP contribution in [0, 0.1) is 6.92 Å². The minimum Gasteiger partial charge on any atom is -0.352 e. The Morgan fingerprint density at radius 1 is 1.11 bits per heavy atom. The van der Waals surface area contributed by atoms with Gasteiger partial charge in [-0.05, 0) is 36.2 Å². The van der Waals surface area contributed by atoms with E-state index in [9.17, 15) is 4.79 Å². The molecule has 0 aromatic heterocycles. The van der Waals surface area contributed by atoms with Crippen LogP contribution >= 0.6 is 0 Å². The second kappa shape index (κ2) is 5.67. The van der Waals surface area contributed by atoms with Gasteiger partial charge in [-0.15, -0.1) is 0 Å². The van der Waals surface area contributed by atoms with E-state index in [0.717, 1.165) is 30.3 Å². The van der Waals surface area contributed by atoms with Crippen LogP contribution in [0.3, 0.4) is 0 Å². The van der Waals surface area contributed by atoms with Crippen molar-refractivity contribution in [3.63, 3.8) is 0 Å². The molecule has 2 aromatic rings. The second-order valence-electron chi connectivity index (χ2n) is 4.67. The van der Waals surface area contributed by atoms with E-state index < -0.39 is 0 Å². The van der Waals surface area contributed by atoms with E-state index in [-0.39, 0.29) is 5.91 Å². The van der Waals surface area contributed by atoms with Gasteiger partial charge in [-0.1, -0.05) is 43.2 Å². The summed E-state index contributed by atoms with van der Waals surface area (Å²) in [7, 11) is 0. The molecule has 0 unspecified atom stereocenters. The van der Waals surface area contributed by atoms with E-state index in [1.165, 1.54) is 10.9 Å². The Morgan fingerprint density at radius 3 is 2.61 bits per heavy atom. The van der Waals surface area contributed by atoms with Crippen LogP contribution in [0.5, 0.6) is 0 Å². The average Bonchev–Trinajstić information content (AvgIpc) is 2.38. The van der Waals surface area contributed by atoms with Crippen LogP contribution in [0.2, 0.25) is 0 Å². The fraction of sp³-hybridized carbons (Fsp3) is 0.312. The number of rotatable bonds is 4. The summed E-state index contributed by atoms with van der Waals surface area (Å²) in [6, 6.07) is 12.1. The molecule has 94 valence electrons. The monoisotopic (exact) mass is 241 g/mol. The topological polar surface area (TPSA) is 29.1 Å². The molecule has 0 fully saturated rings. The first kappa shape index (κ1) is 12.6. The van der Waals surface area contributed by atoms with Crippen LogP contribution in [0.25, 0.3) is 10.8 Å². The molecule has 2 rings (SSSR count). The fourth-order valence-corrected chi connectivity index (χ4v) is 1.99. The lowest BCUT2D eigenvalue weighted by Gasteiger charge is -2.06. The van der Waals surface area contributed by atoms with Crippen LogP contribution in [-0.4, -0.2) is 12.5 Å². The van der Waals surface area contributed by atoms with Gasteiger partial charge in [0.25, 0.3) is 5.91 Å². The van der Waals surface area contributed by atoms with Crippen LogP contribution in [0.4, 0.5) is 0 Å². The normalized spacial score (nSPS) is 10.6. The van der Waals surface area contributed by atoms with Crippen molar-refractivity contribution in [2.75, 3.05) is 6.54 Å². The Bertz CT molecular complexity index is 560. The van der Waals surface area contributed by atoms with Gasteiger partial charge in [-0.25, -0.2) is 0 Å². The van der Waals surface area contributed by atoms with E-state index in [1.807, 2.05) is 18.2 Å². The number of carbonyl (C=O) groups excluding carboxylic acids is 1. The fourth-order valence-electron chi connectivity index (χ4n) is 1.99. The summed E-state index contributed by atoms with van der Waals surface area (Å²) in [5.74, 6) is 0.0194. The van der Waals surface area contributed by atoms with E-state index >= 15 is 0 Å². The first-order chi connectivity index (χ1) is 8.70. The first-order valence-corrected chi connectivity index (χ1v) is 6.49. The summed E-state index contributed by atoms with van der Waals surface area (Å²) in [6.07, 6.45) is 2.12. The number of carbonyl (C=O) groups is 1. The molecule has 0 heterocycles. The SMILES string of the molecule is CCCCNC(=O)c1ccc2cc(C)ccc2c1. The number of benzene rings is 2. The Kier molecular flexibility index (Phi) is 3.98. The highest BCUT2D eigenvalue weighted by molar-refractivity contribution is 5.98.